The number of nitrogens with two attached hydrogens (primary N) is 1. The van der Waals surface area contributed by atoms with E-state index >= 15 is 0 Å². The molecule has 1 aliphatic carbocycles. The smallest absolute Gasteiger partial charge is 0.334 e. The molecule has 2 amide bonds. The Hall–Kier alpha value is -2.37. The third-order valence-electron chi connectivity index (χ3n) is 5.17. The number of nitrogens with zero attached hydrogens (tertiary/aromatic N) is 1. The van der Waals surface area contributed by atoms with Crippen molar-refractivity contribution in [3.63, 3.8) is 0 Å². The number of carbonyl (C=O) groups excluding carboxylic acids is 2. The minimum Gasteiger partial charge on any atom is -0.334 e. The maximum atomic E-state index is 12.8. The number of rotatable bonds is 4. The average molecular weight is 478 g/mol. The van der Waals surface area contributed by atoms with Gasteiger partial charge < -0.3 is 10.2 Å². The Bertz CT molecular complexity index is 1070. The van der Waals surface area contributed by atoms with E-state index in [0.29, 0.717) is 15.5 Å². The zero-order valence-corrected chi connectivity index (χ0v) is 17.6. The lowest BCUT2D eigenvalue weighted by Gasteiger charge is -2.40. The molecule has 2 unspecified atom stereocenters. The van der Waals surface area contributed by atoms with Crippen LogP contribution in [0.2, 0.25) is 5.02 Å². The van der Waals surface area contributed by atoms with Crippen LogP contribution >= 0.6 is 11.6 Å². The van der Waals surface area contributed by atoms with Crippen LogP contribution in [0.4, 0.5) is 13.2 Å². The number of alkyl halides is 3. The third kappa shape index (κ3) is 5.46. The number of allylic oxidation sites excluding steroid dienone is 2. The maximum Gasteiger partial charge on any atom is 0.471 e. The number of hydrogen-bond donors (Lipinski definition) is 2. The monoisotopic (exact) mass is 477 g/mol. The standard InChI is InChI=1S/C19H19ClF3N3O4S/c20-15-4-2-1-3-11(15)8-17(27)25-13-7-12-10-26(18(28)19(21,22)23)6-5-14(12)16(9-13)31(24,29)30/h1-4,7,9,12,14H,5-6,8,10H2,(H,25,27)(H2,24,29,30). The number of halogens is 4. The van der Waals surface area contributed by atoms with Gasteiger partial charge in [-0.1, -0.05) is 35.9 Å². The van der Waals surface area contributed by atoms with Crippen molar-refractivity contribution in [2.45, 2.75) is 19.0 Å². The first-order chi connectivity index (χ1) is 14.4. The molecular formula is C19H19ClF3N3O4S. The first kappa shape index (κ1) is 23.3. The molecule has 3 rings (SSSR count). The maximum absolute atomic E-state index is 12.8. The Morgan fingerprint density at radius 2 is 1.94 bits per heavy atom. The second-order valence-electron chi connectivity index (χ2n) is 7.34. The van der Waals surface area contributed by atoms with E-state index in [-0.39, 0.29) is 36.5 Å². The van der Waals surface area contributed by atoms with Crippen LogP contribution in [0, 0.1) is 11.8 Å². The first-order valence-corrected chi connectivity index (χ1v) is 11.1. The van der Waals surface area contributed by atoms with Crippen molar-refractivity contribution in [3.8, 4) is 0 Å². The van der Waals surface area contributed by atoms with Crippen LogP contribution < -0.4 is 10.5 Å². The number of amides is 2. The fourth-order valence-electron chi connectivity index (χ4n) is 3.80. The fraction of sp³-hybridized carbons (Fsp3) is 0.368. The van der Waals surface area contributed by atoms with Gasteiger partial charge in [0.15, 0.2) is 0 Å². The van der Waals surface area contributed by atoms with Crippen LogP contribution in [-0.4, -0.2) is 44.4 Å². The molecule has 7 nitrogen and oxygen atoms in total. The van der Waals surface area contributed by atoms with Crippen LogP contribution in [0.15, 0.2) is 47.0 Å². The summed E-state index contributed by atoms with van der Waals surface area (Å²) < 4.78 is 62.6. The highest BCUT2D eigenvalue weighted by Gasteiger charge is 2.46. The summed E-state index contributed by atoms with van der Waals surface area (Å²) in [6.45, 7) is -0.603. The number of likely N-dealkylation sites (tertiary alicyclic amines) is 1. The van der Waals surface area contributed by atoms with Gasteiger partial charge in [-0.2, -0.15) is 13.2 Å². The van der Waals surface area contributed by atoms with Gasteiger partial charge in [0, 0.05) is 35.6 Å². The molecule has 0 saturated carbocycles. The van der Waals surface area contributed by atoms with Gasteiger partial charge in [-0.3, -0.25) is 9.59 Å². The van der Waals surface area contributed by atoms with Gasteiger partial charge in [0.25, 0.3) is 0 Å². The highest BCUT2D eigenvalue weighted by molar-refractivity contribution is 7.93. The molecular weight excluding hydrogens is 459 g/mol. The predicted molar refractivity (Wildman–Crippen MR) is 107 cm³/mol. The van der Waals surface area contributed by atoms with Gasteiger partial charge in [0.2, 0.25) is 15.9 Å². The van der Waals surface area contributed by atoms with Crippen LogP contribution in [0.5, 0.6) is 0 Å². The Labute approximate surface area is 181 Å². The van der Waals surface area contributed by atoms with Crippen LogP contribution in [-0.2, 0) is 26.0 Å². The SMILES string of the molecule is NS(=O)(=O)C1=CC(NC(=O)Cc2ccccc2Cl)=CC2CN(C(=O)C(F)(F)F)CCC12. The molecule has 168 valence electrons. The summed E-state index contributed by atoms with van der Waals surface area (Å²) in [4.78, 5) is 24.5. The van der Waals surface area contributed by atoms with Crippen molar-refractivity contribution in [2.24, 2.45) is 17.0 Å². The minimum atomic E-state index is -5.03. The van der Waals surface area contributed by atoms with Gasteiger partial charge in [-0.05, 0) is 24.1 Å². The van der Waals surface area contributed by atoms with Crippen molar-refractivity contribution >= 4 is 33.4 Å². The largest absolute Gasteiger partial charge is 0.471 e. The molecule has 0 bridgehead atoms. The van der Waals surface area contributed by atoms with E-state index in [1.165, 1.54) is 12.2 Å². The van der Waals surface area contributed by atoms with Crippen molar-refractivity contribution < 1.29 is 31.2 Å². The number of fused-ring (bicyclic) bond motifs is 1. The van der Waals surface area contributed by atoms with E-state index in [9.17, 15) is 31.2 Å². The van der Waals surface area contributed by atoms with E-state index in [1.54, 1.807) is 24.3 Å². The van der Waals surface area contributed by atoms with E-state index in [4.69, 9.17) is 16.7 Å². The normalized spacial score (nSPS) is 21.6. The zero-order valence-electron chi connectivity index (χ0n) is 16.0. The third-order valence-corrected chi connectivity index (χ3v) is 6.61. The van der Waals surface area contributed by atoms with E-state index in [0.717, 1.165) is 0 Å². The zero-order chi connectivity index (χ0) is 23.0. The molecule has 2 aliphatic rings. The summed E-state index contributed by atoms with van der Waals surface area (Å²) in [6.07, 6.45) is -2.47. The summed E-state index contributed by atoms with van der Waals surface area (Å²) in [5, 5.41) is 8.23. The molecule has 1 fully saturated rings. The Morgan fingerprint density at radius 1 is 1.26 bits per heavy atom. The topological polar surface area (TPSA) is 110 Å². The quantitative estimate of drug-likeness (QED) is 0.692. The number of hydrogen-bond acceptors (Lipinski definition) is 4. The lowest BCUT2D eigenvalue weighted by atomic mass is 9.81. The number of carbonyl (C=O) groups is 2. The highest BCUT2D eigenvalue weighted by atomic mass is 35.5. The van der Waals surface area contributed by atoms with Crippen LogP contribution in [0.1, 0.15) is 12.0 Å². The first-order valence-electron chi connectivity index (χ1n) is 9.22. The molecule has 1 aromatic carbocycles. The van der Waals surface area contributed by atoms with Crippen LogP contribution in [0.25, 0.3) is 0 Å². The molecule has 1 aromatic rings. The summed E-state index contributed by atoms with van der Waals surface area (Å²) >= 11 is 6.04. The highest BCUT2D eigenvalue weighted by Crippen LogP contribution is 2.38. The Balaban J connectivity index is 1.83. The lowest BCUT2D eigenvalue weighted by molar-refractivity contribution is -0.187. The molecule has 0 spiro atoms. The van der Waals surface area contributed by atoms with Crippen molar-refractivity contribution in [3.05, 3.63) is 57.6 Å². The Morgan fingerprint density at radius 3 is 2.55 bits per heavy atom. The van der Waals surface area contributed by atoms with Gasteiger partial charge in [-0.15, -0.1) is 0 Å². The molecule has 12 heteroatoms. The number of piperidine rings is 1. The molecule has 1 heterocycles. The molecule has 3 N–H and O–H groups in total. The average Bonchev–Trinajstić information content (AvgIpc) is 2.66. The van der Waals surface area contributed by atoms with E-state index < -0.39 is 39.8 Å². The number of nitrogens with one attached hydrogen (secondary N) is 1. The molecule has 31 heavy (non-hydrogen) atoms. The van der Waals surface area contributed by atoms with Gasteiger partial charge in [0.05, 0.1) is 11.3 Å². The summed E-state index contributed by atoms with van der Waals surface area (Å²) in [7, 11) is -4.17. The number of primary sulfonamides is 1. The number of sulfonamides is 1. The lowest BCUT2D eigenvalue weighted by Crippen LogP contribution is -2.50. The summed E-state index contributed by atoms with van der Waals surface area (Å²) in [5.41, 5.74) is 0.634. The summed E-state index contributed by atoms with van der Waals surface area (Å²) in [5.74, 6) is -3.93. The molecule has 1 aliphatic heterocycles. The molecule has 0 aromatic heterocycles. The minimum absolute atomic E-state index is 0.00784. The van der Waals surface area contributed by atoms with Gasteiger partial charge in [-0.25, -0.2) is 13.6 Å². The molecule has 0 radical (unpaired) electrons. The van der Waals surface area contributed by atoms with E-state index in [1.807, 2.05) is 0 Å². The summed E-state index contributed by atoms with van der Waals surface area (Å²) in [6, 6.07) is 6.67. The van der Waals surface area contributed by atoms with E-state index in [2.05, 4.69) is 5.32 Å². The van der Waals surface area contributed by atoms with Gasteiger partial charge >= 0.3 is 12.1 Å². The van der Waals surface area contributed by atoms with Crippen LogP contribution in [0.3, 0.4) is 0 Å². The predicted octanol–water partition coefficient (Wildman–Crippen LogP) is 2.10. The van der Waals surface area contributed by atoms with Crippen molar-refractivity contribution in [1.82, 2.24) is 10.2 Å². The molecule has 2 atom stereocenters. The van der Waals surface area contributed by atoms with Crippen molar-refractivity contribution in [2.75, 3.05) is 13.1 Å². The van der Waals surface area contributed by atoms with Crippen molar-refractivity contribution in [1.29, 1.82) is 0 Å². The Kier molecular flexibility index (Phi) is 6.49. The fourth-order valence-corrected chi connectivity index (χ4v) is 5.01. The number of benzene rings is 1. The second kappa shape index (κ2) is 8.64. The second-order valence-corrected chi connectivity index (χ2v) is 9.31. The van der Waals surface area contributed by atoms with Gasteiger partial charge in [0.1, 0.15) is 0 Å². The molecule has 1 saturated heterocycles.